The summed E-state index contributed by atoms with van der Waals surface area (Å²) in [5.41, 5.74) is 6.01. The molecule has 4 aromatic rings. The van der Waals surface area contributed by atoms with Crippen molar-refractivity contribution in [2.24, 2.45) is 5.10 Å². The number of hydrazone groups is 1. The van der Waals surface area contributed by atoms with Crippen LogP contribution in [0.2, 0.25) is 0 Å². The van der Waals surface area contributed by atoms with Gasteiger partial charge in [0.15, 0.2) is 11.5 Å². The van der Waals surface area contributed by atoms with Crippen molar-refractivity contribution in [2.75, 3.05) is 12.2 Å². The number of anilines is 1. The lowest BCUT2D eigenvalue weighted by Crippen LogP contribution is -2.05. The van der Waals surface area contributed by atoms with E-state index in [-0.39, 0.29) is 12.5 Å². The first-order chi connectivity index (χ1) is 15.2. The molecule has 154 valence electrons. The summed E-state index contributed by atoms with van der Waals surface area (Å²) in [5.74, 6) is 1.33. The Kier molecular flexibility index (Phi) is 4.68. The average molecular weight is 415 g/mol. The lowest BCUT2D eigenvalue weighted by Gasteiger charge is -2.08. The van der Waals surface area contributed by atoms with Gasteiger partial charge >= 0.3 is 0 Å². The van der Waals surface area contributed by atoms with Gasteiger partial charge in [0.05, 0.1) is 40.3 Å². The topological polar surface area (TPSA) is 104 Å². The van der Waals surface area contributed by atoms with Gasteiger partial charge < -0.3 is 14.0 Å². The first-order valence-electron chi connectivity index (χ1n) is 9.55. The van der Waals surface area contributed by atoms with Crippen LogP contribution in [0.5, 0.6) is 11.5 Å². The Bertz CT molecular complexity index is 1300. The third-order valence-electron chi connectivity index (χ3n) is 4.92. The zero-order valence-corrected chi connectivity index (χ0v) is 16.3. The van der Waals surface area contributed by atoms with Gasteiger partial charge in [0.25, 0.3) is 5.69 Å². The van der Waals surface area contributed by atoms with Crippen LogP contribution < -0.4 is 14.9 Å². The van der Waals surface area contributed by atoms with Gasteiger partial charge in [0.2, 0.25) is 12.7 Å². The minimum Gasteiger partial charge on any atom is -0.454 e. The number of nitro benzene ring substituents is 1. The summed E-state index contributed by atoms with van der Waals surface area (Å²) in [7, 11) is 0. The highest BCUT2D eigenvalue weighted by atomic mass is 16.7. The molecule has 0 spiro atoms. The van der Waals surface area contributed by atoms with Gasteiger partial charge in [-0.05, 0) is 23.8 Å². The number of hydrogen-bond donors (Lipinski definition) is 1. The van der Waals surface area contributed by atoms with Crippen LogP contribution in [0.4, 0.5) is 11.6 Å². The van der Waals surface area contributed by atoms with Gasteiger partial charge in [0, 0.05) is 0 Å². The highest BCUT2D eigenvalue weighted by molar-refractivity contribution is 5.87. The molecule has 0 saturated heterocycles. The average Bonchev–Trinajstić information content (AvgIpc) is 3.38. The third kappa shape index (κ3) is 3.64. The van der Waals surface area contributed by atoms with Crippen LogP contribution in [0, 0.1) is 10.1 Å². The fraction of sp³-hybridized carbons (Fsp3) is 0.0909. The molecule has 3 aromatic carbocycles. The lowest BCUT2D eigenvalue weighted by atomic mass is 10.1. The van der Waals surface area contributed by atoms with E-state index in [0.717, 1.165) is 16.6 Å². The Balaban J connectivity index is 1.47. The fourth-order valence-corrected chi connectivity index (χ4v) is 3.45. The van der Waals surface area contributed by atoms with Crippen molar-refractivity contribution in [1.29, 1.82) is 0 Å². The second-order valence-electron chi connectivity index (χ2n) is 6.89. The molecule has 1 aromatic heterocycles. The van der Waals surface area contributed by atoms with Crippen molar-refractivity contribution in [3.05, 3.63) is 88.0 Å². The number of nitrogens with one attached hydrogen (secondary N) is 1. The van der Waals surface area contributed by atoms with Crippen LogP contribution >= 0.6 is 0 Å². The second kappa shape index (κ2) is 7.79. The van der Waals surface area contributed by atoms with E-state index >= 15 is 0 Å². The van der Waals surface area contributed by atoms with Gasteiger partial charge in [0.1, 0.15) is 0 Å². The number of nitro groups is 1. The highest BCUT2D eigenvalue weighted by Gasteiger charge is 2.22. The van der Waals surface area contributed by atoms with Crippen molar-refractivity contribution in [3.63, 3.8) is 0 Å². The van der Waals surface area contributed by atoms with E-state index < -0.39 is 4.92 Å². The maximum Gasteiger partial charge on any atom is 0.282 e. The third-order valence-corrected chi connectivity index (χ3v) is 4.92. The number of benzene rings is 3. The van der Waals surface area contributed by atoms with Crippen molar-refractivity contribution in [2.45, 2.75) is 6.54 Å². The molecular weight excluding hydrogens is 398 g/mol. The molecule has 9 nitrogen and oxygen atoms in total. The Hall–Kier alpha value is -4.40. The predicted molar refractivity (Wildman–Crippen MR) is 116 cm³/mol. The van der Waals surface area contributed by atoms with Crippen molar-refractivity contribution >= 4 is 28.9 Å². The number of para-hydroxylation sites is 2. The minimum atomic E-state index is -0.478. The van der Waals surface area contributed by atoms with E-state index in [9.17, 15) is 10.1 Å². The van der Waals surface area contributed by atoms with Gasteiger partial charge in [-0.2, -0.15) is 5.10 Å². The summed E-state index contributed by atoms with van der Waals surface area (Å²) in [5, 5.41) is 15.7. The number of rotatable bonds is 6. The molecule has 9 heteroatoms. The van der Waals surface area contributed by atoms with E-state index in [1.54, 1.807) is 6.07 Å². The summed E-state index contributed by atoms with van der Waals surface area (Å²) >= 11 is 0. The van der Waals surface area contributed by atoms with Crippen LogP contribution in [-0.4, -0.2) is 27.5 Å². The molecule has 0 unspecified atom stereocenters. The SMILES string of the molecule is O=[N+]([O-])c1cc2c(cc1/C=N/Nc1nc3ccccc3n1Cc1ccccc1)OCO2. The van der Waals surface area contributed by atoms with Gasteiger partial charge in [-0.25, -0.2) is 10.4 Å². The predicted octanol–water partition coefficient (Wildman–Crippen LogP) is 4.17. The Labute approximate surface area is 176 Å². The maximum atomic E-state index is 11.4. The number of aromatic nitrogens is 2. The van der Waals surface area contributed by atoms with Crippen molar-refractivity contribution < 1.29 is 14.4 Å². The summed E-state index contributed by atoms with van der Waals surface area (Å²) < 4.78 is 12.6. The first kappa shape index (κ1) is 18.6. The van der Waals surface area contributed by atoms with E-state index in [2.05, 4.69) is 15.5 Å². The monoisotopic (exact) mass is 415 g/mol. The van der Waals surface area contributed by atoms with Gasteiger partial charge in [-0.1, -0.05) is 42.5 Å². The molecule has 0 aliphatic carbocycles. The number of fused-ring (bicyclic) bond motifs is 2. The highest BCUT2D eigenvalue weighted by Crippen LogP contribution is 2.37. The molecule has 1 aliphatic rings. The minimum absolute atomic E-state index is 0.0366. The normalized spacial score (nSPS) is 12.5. The summed E-state index contributed by atoms with van der Waals surface area (Å²) in [6.45, 7) is 0.637. The lowest BCUT2D eigenvalue weighted by molar-refractivity contribution is -0.385. The molecule has 5 rings (SSSR count). The smallest absolute Gasteiger partial charge is 0.282 e. The Morgan fingerprint density at radius 1 is 1.10 bits per heavy atom. The van der Waals surface area contributed by atoms with Gasteiger partial charge in [-0.15, -0.1) is 0 Å². The first-order valence-corrected chi connectivity index (χ1v) is 9.55. The molecule has 0 radical (unpaired) electrons. The molecule has 1 aliphatic heterocycles. The van der Waals surface area contributed by atoms with Crippen LogP contribution in [0.3, 0.4) is 0 Å². The summed E-state index contributed by atoms with van der Waals surface area (Å²) in [6, 6.07) is 20.7. The van der Waals surface area contributed by atoms with Gasteiger partial charge in [-0.3, -0.25) is 10.1 Å². The molecule has 0 amide bonds. The molecule has 0 bridgehead atoms. The Morgan fingerprint density at radius 2 is 1.84 bits per heavy atom. The van der Waals surface area contributed by atoms with Crippen LogP contribution in [0.15, 0.2) is 71.8 Å². The largest absolute Gasteiger partial charge is 0.454 e. The standard InChI is InChI=1S/C22H17N5O4/c28-27(29)19-11-21-20(30-14-31-21)10-16(19)12-23-25-22-24-17-8-4-5-9-18(17)26(22)13-15-6-2-1-3-7-15/h1-12H,13-14H2,(H,24,25)/b23-12+. The van der Waals surface area contributed by atoms with Crippen molar-refractivity contribution in [3.8, 4) is 11.5 Å². The number of ether oxygens (including phenoxy) is 2. The zero-order chi connectivity index (χ0) is 21.2. The molecule has 0 saturated carbocycles. The molecular formula is C22H17N5O4. The van der Waals surface area contributed by atoms with Crippen molar-refractivity contribution in [1.82, 2.24) is 9.55 Å². The zero-order valence-electron chi connectivity index (χ0n) is 16.3. The maximum absolute atomic E-state index is 11.4. The quantitative estimate of drug-likeness (QED) is 0.288. The number of nitrogens with zero attached hydrogens (tertiary/aromatic N) is 4. The molecule has 0 atom stereocenters. The molecule has 2 heterocycles. The van der Waals surface area contributed by atoms with E-state index in [4.69, 9.17) is 9.47 Å². The van der Waals surface area contributed by atoms with Crippen LogP contribution in [0.25, 0.3) is 11.0 Å². The molecule has 0 fully saturated rings. The summed E-state index contributed by atoms with van der Waals surface area (Å²) in [6.07, 6.45) is 1.38. The number of imidazole rings is 1. The molecule has 31 heavy (non-hydrogen) atoms. The number of hydrogen-bond acceptors (Lipinski definition) is 7. The fourth-order valence-electron chi connectivity index (χ4n) is 3.45. The Morgan fingerprint density at radius 3 is 2.65 bits per heavy atom. The second-order valence-corrected chi connectivity index (χ2v) is 6.89. The molecule has 1 N–H and O–H groups in total. The van der Waals surface area contributed by atoms with Crippen LogP contribution in [0.1, 0.15) is 11.1 Å². The van der Waals surface area contributed by atoms with Crippen LogP contribution in [-0.2, 0) is 6.54 Å². The van der Waals surface area contributed by atoms with E-state index in [0.29, 0.717) is 29.6 Å². The van der Waals surface area contributed by atoms with E-state index in [1.807, 2.05) is 59.2 Å². The van der Waals surface area contributed by atoms with E-state index in [1.165, 1.54) is 12.3 Å². The summed E-state index contributed by atoms with van der Waals surface area (Å²) in [4.78, 5) is 15.6.